The first-order chi connectivity index (χ1) is 9.73. The highest BCUT2D eigenvalue weighted by molar-refractivity contribution is 6.05. The molecule has 2 aliphatic rings. The molecule has 1 N–H and O–H groups in total. The SMILES string of the molecule is O=C1CCC(C2=CCCCC2)(c2ccccc2)C(=O)N1. The first-order valence-corrected chi connectivity index (χ1v) is 7.33. The van der Waals surface area contributed by atoms with Gasteiger partial charge in [-0.3, -0.25) is 14.9 Å². The molecule has 1 atom stereocenters. The van der Waals surface area contributed by atoms with Gasteiger partial charge >= 0.3 is 0 Å². The molecular formula is C17H19NO2. The number of rotatable bonds is 2. The van der Waals surface area contributed by atoms with Crippen LogP contribution in [0.3, 0.4) is 0 Å². The molecule has 2 amide bonds. The van der Waals surface area contributed by atoms with Crippen LogP contribution in [0.25, 0.3) is 0 Å². The fourth-order valence-corrected chi connectivity index (χ4v) is 3.43. The van der Waals surface area contributed by atoms with Crippen molar-refractivity contribution in [3.8, 4) is 0 Å². The minimum Gasteiger partial charge on any atom is -0.295 e. The first-order valence-electron chi connectivity index (χ1n) is 7.33. The number of carbonyl (C=O) groups is 2. The van der Waals surface area contributed by atoms with Crippen LogP contribution in [0.2, 0.25) is 0 Å². The summed E-state index contributed by atoms with van der Waals surface area (Å²) >= 11 is 0. The maximum atomic E-state index is 12.7. The maximum absolute atomic E-state index is 12.7. The quantitative estimate of drug-likeness (QED) is 0.663. The standard InChI is InChI=1S/C17H19NO2/c19-15-11-12-17(16(20)18-15,13-7-3-1-4-8-13)14-9-5-2-6-10-14/h1,3-4,7-9H,2,5-6,10-12H2,(H,18,19,20). The van der Waals surface area contributed by atoms with E-state index in [1.165, 1.54) is 12.0 Å². The van der Waals surface area contributed by atoms with Gasteiger partial charge in [0.05, 0.1) is 5.41 Å². The smallest absolute Gasteiger partial charge is 0.241 e. The van der Waals surface area contributed by atoms with Crippen molar-refractivity contribution in [1.82, 2.24) is 5.32 Å². The van der Waals surface area contributed by atoms with Gasteiger partial charge in [-0.05, 0) is 37.7 Å². The monoisotopic (exact) mass is 269 g/mol. The molecule has 0 aromatic heterocycles. The number of imide groups is 1. The summed E-state index contributed by atoms with van der Waals surface area (Å²) in [6.45, 7) is 0. The van der Waals surface area contributed by atoms with Crippen LogP contribution in [-0.4, -0.2) is 11.8 Å². The lowest BCUT2D eigenvalue weighted by Crippen LogP contribution is -2.52. The van der Waals surface area contributed by atoms with Gasteiger partial charge in [-0.1, -0.05) is 42.0 Å². The van der Waals surface area contributed by atoms with Crippen LogP contribution in [-0.2, 0) is 15.0 Å². The fourth-order valence-electron chi connectivity index (χ4n) is 3.43. The van der Waals surface area contributed by atoms with E-state index in [2.05, 4.69) is 11.4 Å². The molecule has 1 unspecified atom stereocenters. The van der Waals surface area contributed by atoms with Gasteiger partial charge in [-0.15, -0.1) is 0 Å². The molecule has 3 nitrogen and oxygen atoms in total. The van der Waals surface area contributed by atoms with Gasteiger partial charge in [0, 0.05) is 6.42 Å². The summed E-state index contributed by atoms with van der Waals surface area (Å²) in [5.41, 5.74) is 1.58. The molecule has 3 heteroatoms. The number of piperidine rings is 1. The number of nitrogens with one attached hydrogen (secondary N) is 1. The summed E-state index contributed by atoms with van der Waals surface area (Å²) in [5.74, 6) is -0.300. The summed E-state index contributed by atoms with van der Waals surface area (Å²) in [6, 6.07) is 9.89. The van der Waals surface area contributed by atoms with E-state index in [9.17, 15) is 9.59 Å². The van der Waals surface area contributed by atoms with Crippen molar-refractivity contribution in [1.29, 1.82) is 0 Å². The molecule has 0 radical (unpaired) electrons. The van der Waals surface area contributed by atoms with Crippen LogP contribution in [0.15, 0.2) is 42.0 Å². The second-order valence-electron chi connectivity index (χ2n) is 5.62. The Labute approximate surface area is 119 Å². The molecule has 104 valence electrons. The van der Waals surface area contributed by atoms with Gasteiger partial charge in [0.25, 0.3) is 0 Å². The highest BCUT2D eigenvalue weighted by atomic mass is 16.2. The highest BCUT2D eigenvalue weighted by Gasteiger charge is 2.46. The maximum Gasteiger partial charge on any atom is 0.241 e. The van der Waals surface area contributed by atoms with Crippen molar-refractivity contribution < 1.29 is 9.59 Å². The van der Waals surface area contributed by atoms with Gasteiger partial charge in [-0.2, -0.15) is 0 Å². The lowest BCUT2D eigenvalue weighted by molar-refractivity contribution is -0.136. The molecule has 1 aliphatic heterocycles. The number of allylic oxidation sites excluding steroid dienone is 1. The van der Waals surface area contributed by atoms with Crippen LogP contribution in [0, 0.1) is 0 Å². The second kappa shape index (κ2) is 5.23. The van der Waals surface area contributed by atoms with Gasteiger partial charge in [0.1, 0.15) is 0 Å². The summed E-state index contributed by atoms with van der Waals surface area (Å²) in [5, 5.41) is 2.55. The number of carbonyl (C=O) groups excluding carboxylic acids is 2. The third-order valence-corrected chi connectivity index (χ3v) is 4.47. The molecule has 1 aromatic rings. The summed E-state index contributed by atoms with van der Waals surface area (Å²) in [4.78, 5) is 24.2. The molecule has 20 heavy (non-hydrogen) atoms. The van der Waals surface area contributed by atoms with Crippen LogP contribution in [0.5, 0.6) is 0 Å². The minimum absolute atomic E-state index is 0.145. The Morgan fingerprint density at radius 1 is 1.00 bits per heavy atom. The number of amides is 2. The third-order valence-electron chi connectivity index (χ3n) is 4.47. The zero-order valence-corrected chi connectivity index (χ0v) is 11.5. The van der Waals surface area contributed by atoms with Crippen LogP contribution < -0.4 is 5.32 Å². The Hall–Kier alpha value is -1.90. The summed E-state index contributed by atoms with van der Waals surface area (Å²) in [6.07, 6.45) is 7.52. The lowest BCUT2D eigenvalue weighted by Gasteiger charge is -2.39. The van der Waals surface area contributed by atoms with E-state index in [1.54, 1.807) is 0 Å². The zero-order chi connectivity index (χ0) is 14.0. The van der Waals surface area contributed by atoms with Crippen molar-refractivity contribution >= 4 is 11.8 Å². The Morgan fingerprint density at radius 2 is 1.80 bits per heavy atom. The van der Waals surface area contributed by atoms with E-state index in [0.717, 1.165) is 24.8 Å². The van der Waals surface area contributed by atoms with Crippen molar-refractivity contribution in [3.63, 3.8) is 0 Å². The molecule has 0 saturated carbocycles. The van der Waals surface area contributed by atoms with Crippen molar-refractivity contribution in [2.24, 2.45) is 0 Å². The largest absolute Gasteiger partial charge is 0.295 e. The molecule has 0 spiro atoms. The predicted octanol–water partition coefficient (Wildman–Crippen LogP) is 2.86. The van der Waals surface area contributed by atoms with Crippen LogP contribution in [0.4, 0.5) is 0 Å². The number of hydrogen-bond acceptors (Lipinski definition) is 2. The Balaban J connectivity index is 2.10. The van der Waals surface area contributed by atoms with Crippen LogP contribution >= 0.6 is 0 Å². The molecule has 1 heterocycles. The second-order valence-corrected chi connectivity index (χ2v) is 5.62. The van der Waals surface area contributed by atoms with Gasteiger partial charge in [0.2, 0.25) is 11.8 Å². The van der Waals surface area contributed by atoms with E-state index < -0.39 is 5.41 Å². The minimum atomic E-state index is -0.629. The highest BCUT2D eigenvalue weighted by Crippen LogP contribution is 2.43. The third kappa shape index (κ3) is 2.07. The molecule has 3 rings (SSSR count). The van der Waals surface area contributed by atoms with Crippen molar-refractivity contribution in [3.05, 3.63) is 47.5 Å². The van der Waals surface area contributed by atoms with Crippen molar-refractivity contribution in [2.45, 2.75) is 43.9 Å². The topological polar surface area (TPSA) is 46.2 Å². The van der Waals surface area contributed by atoms with E-state index >= 15 is 0 Å². The molecule has 1 saturated heterocycles. The van der Waals surface area contributed by atoms with Crippen LogP contribution in [0.1, 0.15) is 44.1 Å². The van der Waals surface area contributed by atoms with E-state index in [-0.39, 0.29) is 11.8 Å². The normalized spacial score (nSPS) is 26.9. The Kier molecular flexibility index (Phi) is 3.43. The lowest BCUT2D eigenvalue weighted by atomic mass is 9.66. The molecular weight excluding hydrogens is 250 g/mol. The van der Waals surface area contributed by atoms with Crippen molar-refractivity contribution in [2.75, 3.05) is 0 Å². The Bertz CT molecular complexity index is 562. The first kappa shape index (κ1) is 13.1. The number of benzene rings is 1. The molecule has 1 fully saturated rings. The average molecular weight is 269 g/mol. The zero-order valence-electron chi connectivity index (χ0n) is 11.5. The average Bonchev–Trinajstić information content (AvgIpc) is 2.50. The van der Waals surface area contributed by atoms with Gasteiger partial charge < -0.3 is 0 Å². The predicted molar refractivity (Wildman–Crippen MR) is 77.1 cm³/mol. The fraction of sp³-hybridized carbons (Fsp3) is 0.412. The van der Waals surface area contributed by atoms with Gasteiger partial charge in [-0.25, -0.2) is 0 Å². The molecule has 1 aliphatic carbocycles. The summed E-state index contributed by atoms with van der Waals surface area (Å²) in [7, 11) is 0. The summed E-state index contributed by atoms with van der Waals surface area (Å²) < 4.78 is 0. The molecule has 0 bridgehead atoms. The number of hydrogen-bond donors (Lipinski definition) is 1. The Morgan fingerprint density at radius 3 is 2.45 bits per heavy atom. The van der Waals surface area contributed by atoms with E-state index in [1.807, 2.05) is 30.3 Å². The van der Waals surface area contributed by atoms with E-state index in [0.29, 0.717) is 12.8 Å². The van der Waals surface area contributed by atoms with Gasteiger partial charge in [0.15, 0.2) is 0 Å². The van der Waals surface area contributed by atoms with E-state index in [4.69, 9.17) is 0 Å². The molecule has 1 aromatic carbocycles.